The predicted molar refractivity (Wildman–Crippen MR) is 127 cm³/mol. The van der Waals surface area contributed by atoms with E-state index in [9.17, 15) is 4.79 Å². The van der Waals surface area contributed by atoms with Crippen molar-refractivity contribution in [2.45, 2.75) is 83.2 Å². The Bertz CT molecular complexity index is 512. The third-order valence-electron chi connectivity index (χ3n) is 5.51. The highest BCUT2D eigenvalue weighted by molar-refractivity contribution is 5.64. The van der Waals surface area contributed by atoms with Gasteiger partial charge in [-0.1, -0.05) is 69.4 Å². The number of nitrogens with one attached hydrogen (secondary N) is 2. The van der Waals surface area contributed by atoms with Crippen LogP contribution in [-0.4, -0.2) is 44.7 Å². The van der Waals surface area contributed by atoms with Crippen molar-refractivity contribution in [1.82, 2.24) is 10.6 Å². The van der Waals surface area contributed by atoms with E-state index in [1.807, 2.05) is 18.2 Å². The summed E-state index contributed by atoms with van der Waals surface area (Å²) in [6, 6.07) is 10.2. The van der Waals surface area contributed by atoms with Crippen molar-refractivity contribution in [3.63, 3.8) is 0 Å². The van der Waals surface area contributed by atoms with Gasteiger partial charge in [-0.15, -0.1) is 0 Å². The lowest BCUT2D eigenvalue weighted by atomic mass is 9.93. The lowest BCUT2D eigenvalue weighted by Crippen LogP contribution is -2.54. The first-order valence-electron chi connectivity index (χ1n) is 12.0. The van der Waals surface area contributed by atoms with Crippen LogP contribution in [0.3, 0.4) is 0 Å². The molecule has 4 N–H and O–H groups in total. The summed E-state index contributed by atoms with van der Waals surface area (Å²) in [7, 11) is 0. The van der Waals surface area contributed by atoms with Gasteiger partial charge in [-0.05, 0) is 50.8 Å². The van der Waals surface area contributed by atoms with Gasteiger partial charge in [-0.2, -0.15) is 0 Å². The lowest BCUT2D eigenvalue weighted by Gasteiger charge is -2.30. The van der Waals surface area contributed by atoms with Crippen LogP contribution in [0.4, 0.5) is 0 Å². The maximum atomic E-state index is 12.0. The van der Waals surface area contributed by atoms with Gasteiger partial charge >= 0.3 is 0 Å². The predicted octanol–water partition coefficient (Wildman–Crippen LogP) is 4.20. The Hall–Kier alpha value is -1.27. The second-order valence-corrected chi connectivity index (χ2v) is 8.27. The highest BCUT2D eigenvalue weighted by Crippen LogP contribution is 2.13. The van der Waals surface area contributed by atoms with E-state index in [0.29, 0.717) is 19.6 Å². The third-order valence-corrected chi connectivity index (χ3v) is 5.51. The van der Waals surface area contributed by atoms with Crippen molar-refractivity contribution < 1.29 is 9.53 Å². The lowest BCUT2D eigenvalue weighted by molar-refractivity contribution is -0.113. The Morgan fingerprint density at radius 1 is 0.967 bits per heavy atom. The molecule has 0 bridgehead atoms. The summed E-state index contributed by atoms with van der Waals surface area (Å²) in [4.78, 5) is 12.0. The zero-order chi connectivity index (χ0) is 21.8. The minimum Gasteiger partial charge on any atom is -0.381 e. The number of benzene rings is 1. The van der Waals surface area contributed by atoms with Gasteiger partial charge in [-0.25, -0.2) is 0 Å². The number of unbranched alkanes of at least 4 members (excludes halogenated alkanes) is 6. The minimum absolute atomic E-state index is 0.551. The summed E-state index contributed by atoms with van der Waals surface area (Å²) >= 11 is 0. The van der Waals surface area contributed by atoms with Gasteiger partial charge in [0, 0.05) is 26.3 Å². The maximum absolute atomic E-state index is 12.0. The molecule has 5 heteroatoms. The van der Waals surface area contributed by atoms with Crippen molar-refractivity contribution in [2.75, 3.05) is 32.8 Å². The van der Waals surface area contributed by atoms with E-state index in [-0.39, 0.29) is 0 Å². The molecule has 1 rings (SSSR count). The maximum Gasteiger partial charge on any atom is 0.141 e. The monoisotopic (exact) mass is 419 g/mol. The quantitative estimate of drug-likeness (QED) is 0.206. The fourth-order valence-corrected chi connectivity index (χ4v) is 3.54. The number of hydrogen-bond donors (Lipinski definition) is 3. The Labute approximate surface area is 184 Å². The molecule has 0 heterocycles. The number of carbonyl (C=O) groups is 1. The molecule has 0 radical (unpaired) electrons. The molecule has 0 amide bonds. The molecule has 1 atom stereocenters. The van der Waals surface area contributed by atoms with Crippen LogP contribution >= 0.6 is 0 Å². The molecule has 0 saturated carbocycles. The molecule has 1 aromatic carbocycles. The highest BCUT2D eigenvalue weighted by atomic mass is 16.5. The first-order valence-corrected chi connectivity index (χ1v) is 12.0. The van der Waals surface area contributed by atoms with E-state index < -0.39 is 5.54 Å². The van der Waals surface area contributed by atoms with Crippen LogP contribution in [0.25, 0.3) is 0 Å². The van der Waals surface area contributed by atoms with Gasteiger partial charge in [0.1, 0.15) is 6.29 Å². The summed E-state index contributed by atoms with van der Waals surface area (Å²) in [5.41, 5.74) is 6.28. The summed E-state index contributed by atoms with van der Waals surface area (Å²) < 4.78 is 5.74. The van der Waals surface area contributed by atoms with Crippen LogP contribution in [0.5, 0.6) is 0 Å². The molecular weight excluding hydrogens is 374 g/mol. The molecular formula is C25H45N3O2. The molecule has 0 saturated heterocycles. The molecule has 5 nitrogen and oxygen atoms in total. The molecule has 0 aromatic heterocycles. The Morgan fingerprint density at radius 3 is 2.43 bits per heavy atom. The van der Waals surface area contributed by atoms with Gasteiger partial charge in [0.05, 0.1) is 5.54 Å². The zero-order valence-electron chi connectivity index (χ0n) is 19.2. The van der Waals surface area contributed by atoms with Gasteiger partial charge in [0.25, 0.3) is 0 Å². The first kappa shape index (κ1) is 26.8. The van der Waals surface area contributed by atoms with Crippen molar-refractivity contribution in [1.29, 1.82) is 0 Å². The topological polar surface area (TPSA) is 76.4 Å². The molecule has 0 unspecified atom stereocenters. The van der Waals surface area contributed by atoms with Gasteiger partial charge in [0.2, 0.25) is 0 Å². The zero-order valence-corrected chi connectivity index (χ0v) is 19.2. The van der Waals surface area contributed by atoms with E-state index in [2.05, 4.69) is 29.7 Å². The third kappa shape index (κ3) is 13.1. The fourth-order valence-electron chi connectivity index (χ4n) is 3.54. The van der Waals surface area contributed by atoms with Crippen LogP contribution in [-0.2, 0) is 16.1 Å². The second kappa shape index (κ2) is 18.5. The molecule has 0 aliphatic heterocycles. The second-order valence-electron chi connectivity index (χ2n) is 8.27. The number of rotatable bonds is 21. The number of ether oxygens (including phenoxy) is 1. The Balaban J connectivity index is 2.24. The van der Waals surface area contributed by atoms with E-state index >= 15 is 0 Å². The van der Waals surface area contributed by atoms with Gasteiger partial charge in [-0.3, -0.25) is 0 Å². The molecule has 0 aliphatic carbocycles. The van der Waals surface area contributed by atoms with Crippen LogP contribution < -0.4 is 16.4 Å². The van der Waals surface area contributed by atoms with Crippen LogP contribution in [0.1, 0.15) is 76.7 Å². The molecule has 1 aromatic rings. The van der Waals surface area contributed by atoms with E-state index in [0.717, 1.165) is 58.1 Å². The molecule has 172 valence electrons. The fraction of sp³-hybridized carbons (Fsp3) is 0.720. The largest absolute Gasteiger partial charge is 0.381 e. The Kier molecular flexibility index (Phi) is 16.5. The summed E-state index contributed by atoms with van der Waals surface area (Å²) in [5, 5.41) is 6.96. The first-order chi connectivity index (χ1) is 14.8. The molecule has 30 heavy (non-hydrogen) atoms. The smallest absolute Gasteiger partial charge is 0.141 e. The van der Waals surface area contributed by atoms with Crippen molar-refractivity contribution in [3.8, 4) is 0 Å². The average molecular weight is 420 g/mol. The van der Waals surface area contributed by atoms with Crippen molar-refractivity contribution >= 4 is 6.29 Å². The molecule has 0 spiro atoms. The SMILES string of the molecule is CCCCCCCCOCCCNC[C@@](C=O)(CCCCN)NCc1ccccc1. The van der Waals surface area contributed by atoms with Gasteiger partial charge in [0.15, 0.2) is 0 Å². The molecule has 0 fully saturated rings. The number of carbonyl (C=O) groups excluding carboxylic acids is 1. The van der Waals surface area contributed by atoms with E-state index in [1.54, 1.807) is 0 Å². The summed E-state index contributed by atoms with van der Waals surface area (Å²) in [6.07, 6.45) is 12.5. The molecule has 0 aliphatic rings. The van der Waals surface area contributed by atoms with Crippen molar-refractivity contribution in [2.24, 2.45) is 5.73 Å². The number of nitrogens with two attached hydrogens (primary N) is 1. The minimum atomic E-state index is -0.551. The number of hydrogen-bond acceptors (Lipinski definition) is 5. The van der Waals surface area contributed by atoms with Crippen molar-refractivity contribution in [3.05, 3.63) is 35.9 Å². The number of aldehydes is 1. The average Bonchev–Trinajstić information content (AvgIpc) is 2.78. The van der Waals surface area contributed by atoms with E-state index in [4.69, 9.17) is 10.5 Å². The van der Waals surface area contributed by atoms with Crippen LogP contribution in [0.15, 0.2) is 30.3 Å². The van der Waals surface area contributed by atoms with E-state index in [1.165, 1.54) is 37.7 Å². The highest BCUT2D eigenvalue weighted by Gasteiger charge is 2.28. The van der Waals surface area contributed by atoms with Crippen LogP contribution in [0.2, 0.25) is 0 Å². The normalized spacial score (nSPS) is 13.3. The summed E-state index contributed by atoms with van der Waals surface area (Å²) in [5.74, 6) is 0. The standard InChI is InChI=1S/C25H45N3O2/c1-2-3-4-5-6-12-19-30-20-13-18-27-22-25(23-29,16-10-11-17-26)28-21-24-14-8-7-9-15-24/h7-9,14-15,23,27-28H,2-6,10-13,16-22,26H2,1H3/t25-/m1/s1. The van der Waals surface area contributed by atoms with Gasteiger partial charge < -0.3 is 25.9 Å². The Morgan fingerprint density at radius 2 is 1.70 bits per heavy atom. The van der Waals surface area contributed by atoms with Crippen LogP contribution in [0, 0.1) is 0 Å². The summed E-state index contributed by atoms with van der Waals surface area (Å²) in [6.45, 7) is 6.72.